The van der Waals surface area contributed by atoms with Gasteiger partial charge in [0.1, 0.15) is 5.54 Å². The minimum Gasteiger partial charge on any atom is -0.459 e. The Bertz CT molecular complexity index is 639. The van der Waals surface area contributed by atoms with Crippen molar-refractivity contribution in [2.45, 2.75) is 25.3 Å². The molecule has 2 amide bonds. The summed E-state index contributed by atoms with van der Waals surface area (Å²) in [7, 11) is 0. The molecule has 1 saturated heterocycles. The van der Waals surface area contributed by atoms with Crippen molar-refractivity contribution in [1.82, 2.24) is 15.1 Å². The number of furan rings is 1. The summed E-state index contributed by atoms with van der Waals surface area (Å²) in [6, 6.07) is 5.58. The normalized spacial score (nSPS) is 20.9. The van der Waals surface area contributed by atoms with Crippen LogP contribution in [-0.2, 0) is 4.79 Å². The second-order valence-electron chi connectivity index (χ2n) is 6.68. The largest absolute Gasteiger partial charge is 0.459 e. The highest BCUT2D eigenvalue weighted by atomic mass is 16.3. The van der Waals surface area contributed by atoms with Crippen LogP contribution in [0.15, 0.2) is 22.8 Å². The minimum absolute atomic E-state index is 0.116. The van der Waals surface area contributed by atoms with Gasteiger partial charge in [-0.1, -0.05) is 0 Å². The molecule has 7 heteroatoms. The van der Waals surface area contributed by atoms with Crippen LogP contribution in [0.4, 0.5) is 0 Å². The fourth-order valence-electron chi connectivity index (χ4n) is 3.08. The van der Waals surface area contributed by atoms with Gasteiger partial charge in [-0.15, -0.1) is 0 Å². The molecule has 1 N–H and O–H groups in total. The van der Waals surface area contributed by atoms with E-state index < -0.39 is 5.54 Å². The number of nitrogens with zero attached hydrogens (tertiary/aromatic N) is 3. The van der Waals surface area contributed by atoms with Crippen molar-refractivity contribution in [3.05, 3.63) is 24.2 Å². The molecule has 1 aliphatic carbocycles. The number of piperazine rings is 1. The third-order valence-electron chi connectivity index (χ3n) is 4.78. The first-order chi connectivity index (χ1) is 11.5. The van der Waals surface area contributed by atoms with E-state index in [1.165, 1.54) is 6.26 Å². The summed E-state index contributed by atoms with van der Waals surface area (Å²) in [6.07, 6.45) is 3.48. The second-order valence-corrected chi connectivity index (χ2v) is 6.68. The number of rotatable bonds is 5. The lowest BCUT2D eigenvalue weighted by Crippen LogP contribution is -2.54. The molecule has 1 saturated carbocycles. The smallest absolute Gasteiger partial charge is 0.289 e. The van der Waals surface area contributed by atoms with Crippen molar-refractivity contribution in [3.63, 3.8) is 0 Å². The summed E-state index contributed by atoms with van der Waals surface area (Å²) in [5.41, 5.74) is -0.756. The number of nitrogens with one attached hydrogen (secondary N) is 1. The Labute approximate surface area is 141 Å². The molecule has 1 aromatic heterocycles. The van der Waals surface area contributed by atoms with Crippen LogP contribution in [0.5, 0.6) is 0 Å². The van der Waals surface area contributed by atoms with E-state index >= 15 is 0 Å². The van der Waals surface area contributed by atoms with Crippen LogP contribution in [0.25, 0.3) is 0 Å². The zero-order chi connectivity index (χ0) is 17.2. The Kier molecular flexibility index (Phi) is 4.58. The lowest BCUT2D eigenvalue weighted by molar-refractivity contribution is -0.124. The molecule has 2 aliphatic rings. The summed E-state index contributed by atoms with van der Waals surface area (Å²) in [5.74, 6) is 0.372. The average Bonchev–Trinajstić information content (AvgIpc) is 3.31. The van der Waals surface area contributed by atoms with Gasteiger partial charge in [0.25, 0.3) is 5.91 Å². The maximum absolute atomic E-state index is 12.2. The van der Waals surface area contributed by atoms with Crippen molar-refractivity contribution >= 4 is 11.8 Å². The molecule has 1 aromatic rings. The number of nitriles is 1. The van der Waals surface area contributed by atoms with Crippen molar-refractivity contribution < 1.29 is 14.0 Å². The average molecular weight is 330 g/mol. The molecule has 0 aromatic carbocycles. The molecule has 0 unspecified atom stereocenters. The molecule has 3 rings (SSSR count). The van der Waals surface area contributed by atoms with E-state index in [1.54, 1.807) is 24.0 Å². The third-order valence-corrected chi connectivity index (χ3v) is 4.78. The van der Waals surface area contributed by atoms with Crippen LogP contribution in [0.2, 0.25) is 0 Å². The molecular formula is C17H22N4O3. The fourth-order valence-corrected chi connectivity index (χ4v) is 3.08. The molecule has 128 valence electrons. The summed E-state index contributed by atoms with van der Waals surface area (Å²) in [6.45, 7) is 4.43. The lowest BCUT2D eigenvalue weighted by atomic mass is 9.98. The SMILES string of the molecule is C[C@@](C#N)(NC(=O)CN1CCN(C(=O)c2ccco2)CC1)C1CC1. The molecule has 2 fully saturated rings. The molecule has 1 aliphatic heterocycles. The summed E-state index contributed by atoms with van der Waals surface area (Å²) >= 11 is 0. The van der Waals surface area contributed by atoms with Crippen LogP contribution in [0, 0.1) is 17.2 Å². The number of carbonyl (C=O) groups excluding carboxylic acids is 2. The van der Waals surface area contributed by atoms with Gasteiger partial charge in [-0.25, -0.2) is 0 Å². The van der Waals surface area contributed by atoms with Crippen LogP contribution in [-0.4, -0.2) is 59.9 Å². The lowest BCUT2D eigenvalue weighted by Gasteiger charge is -2.34. The number of hydrogen-bond donors (Lipinski definition) is 1. The summed E-state index contributed by atoms with van der Waals surface area (Å²) in [5, 5.41) is 12.2. The van der Waals surface area contributed by atoms with Gasteiger partial charge in [-0.3, -0.25) is 14.5 Å². The molecule has 0 spiro atoms. The predicted molar refractivity (Wildman–Crippen MR) is 85.9 cm³/mol. The quantitative estimate of drug-likeness (QED) is 0.864. The van der Waals surface area contributed by atoms with Gasteiger partial charge in [0.2, 0.25) is 5.91 Å². The Balaban J connectivity index is 1.46. The minimum atomic E-state index is -0.756. The van der Waals surface area contributed by atoms with E-state index in [0.29, 0.717) is 31.9 Å². The number of amides is 2. The van der Waals surface area contributed by atoms with E-state index in [2.05, 4.69) is 11.4 Å². The van der Waals surface area contributed by atoms with Crippen molar-refractivity contribution in [2.24, 2.45) is 5.92 Å². The zero-order valence-electron chi connectivity index (χ0n) is 13.8. The van der Waals surface area contributed by atoms with Crippen molar-refractivity contribution in [1.29, 1.82) is 5.26 Å². The topological polar surface area (TPSA) is 89.6 Å². The molecule has 24 heavy (non-hydrogen) atoms. The highest BCUT2D eigenvalue weighted by Crippen LogP contribution is 2.39. The van der Waals surface area contributed by atoms with Gasteiger partial charge >= 0.3 is 0 Å². The van der Waals surface area contributed by atoms with Crippen LogP contribution in [0.3, 0.4) is 0 Å². The van der Waals surface area contributed by atoms with Gasteiger partial charge in [-0.05, 0) is 37.8 Å². The van der Waals surface area contributed by atoms with Gasteiger partial charge in [0.15, 0.2) is 5.76 Å². The molecule has 2 heterocycles. The van der Waals surface area contributed by atoms with E-state index in [1.807, 2.05) is 4.90 Å². The summed E-state index contributed by atoms with van der Waals surface area (Å²) in [4.78, 5) is 28.2. The molecule has 1 atom stereocenters. The van der Waals surface area contributed by atoms with E-state index in [0.717, 1.165) is 12.8 Å². The first-order valence-electron chi connectivity index (χ1n) is 8.29. The van der Waals surface area contributed by atoms with E-state index in [9.17, 15) is 14.9 Å². The Morgan fingerprint density at radius 2 is 2.08 bits per heavy atom. The molecule has 7 nitrogen and oxygen atoms in total. The van der Waals surface area contributed by atoms with Gasteiger partial charge in [0, 0.05) is 26.2 Å². The maximum atomic E-state index is 12.2. The number of hydrogen-bond acceptors (Lipinski definition) is 5. The van der Waals surface area contributed by atoms with E-state index in [-0.39, 0.29) is 24.3 Å². The molecular weight excluding hydrogens is 308 g/mol. The van der Waals surface area contributed by atoms with Crippen LogP contribution in [0.1, 0.15) is 30.3 Å². The zero-order valence-corrected chi connectivity index (χ0v) is 13.8. The molecule has 0 radical (unpaired) electrons. The Morgan fingerprint density at radius 3 is 2.62 bits per heavy atom. The maximum Gasteiger partial charge on any atom is 0.289 e. The van der Waals surface area contributed by atoms with Crippen LogP contribution >= 0.6 is 0 Å². The van der Waals surface area contributed by atoms with Gasteiger partial charge in [0.05, 0.1) is 18.9 Å². The van der Waals surface area contributed by atoms with Gasteiger partial charge < -0.3 is 14.6 Å². The number of carbonyl (C=O) groups is 2. The predicted octanol–water partition coefficient (Wildman–Crippen LogP) is 0.846. The highest BCUT2D eigenvalue weighted by Gasteiger charge is 2.43. The van der Waals surface area contributed by atoms with Crippen molar-refractivity contribution in [3.8, 4) is 6.07 Å². The van der Waals surface area contributed by atoms with E-state index in [4.69, 9.17) is 4.42 Å². The fraction of sp³-hybridized carbons (Fsp3) is 0.588. The first-order valence-corrected chi connectivity index (χ1v) is 8.29. The first kappa shape index (κ1) is 16.5. The third kappa shape index (κ3) is 3.60. The van der Waals surface area contributed by atoms with Crippen LogP contribution < -0.4 is 5.32 Å². The highest BCUT2D eigenvalue weighted by molar-refractivity contribution is 5.91. The molecule has 0 bridgehead atoms. The Hall–Kier alpha value is -2.33. The summed E-state index contributed by atoms with van der Waals surface area (Å²) < 4.78 is 5.14. The standard InChI is InChI=1S/C17H22N4O3/c1-17(12-18,13-4-5-13)19-15(22)11-20-6-8-21(9-7-20)16(23)14-3-2-10-24-14/h2-3,10,13H,4-9,11H2,1H3,(H,19,22)/t17-/m0/s1. The second kappa shape index (κ2) is 6.65. The van der Waals surface area contributed by atoms with Crippen molar-refractivity contribution in [2.75, 3.05) is 32.7 Å². The monoisotopic (exact) mass is 330 g/mol. The van der Waals surface area contributed by atoms with Gasteiger partial charge in [-0.2, -0.15) is 5.26 Å². The Morgan fingerprint density at radius 1 is 1.38 bits per heavy atom.